The molecule has 0 bridgehead atoms. The highest BCUT2D eigenvalue weighted by Crippen LogP contribution is 2.27. The molecule has 2 unspecified atom stereocenters. The van der Waals surface area contributed by atoms with Gasteiger partial charge in [0.2, 0.25) is 0 Å². The van der Waals surface area contributed by atoms with Gasteiger partial charge >= 0.3 is 0 Å². The summed E-state index contributed by atoms with van der Waals surface area (Å²) in [6, 6.07) is 4.64. The normalized spacial score (nSPS) is 21.5. The number of piperidine rings is 1. The second-order valence-electron chi connectivity index (χ2n) is 6.30. The van der Waals surface area contributed by atoms with Crippen LogP contribution >= 0.6 is 24.0 Å². The number of halogens is 1. The summed E-state index contributed by atoms with van der Waals surface area (Å²) in [6.45, 7) is 5.11. The van der Waals surface area contributed by atoms with E-state index in [0.717, 1.165) is 32.0 Å². The first-order valence-corrected chi connectivity index (χ1v) is 8.22. The largest absolute Gasteiger partial charge is 0.353 e. The lowest BCUT2D eigenvalue weighted by Crippen LogP contribution is -2.48. The van der Waals surface area contributed by atoms with Crippen molar-refractivity contribution >= 4 is 29.9 Å². The lowest BCUT2D eigenvalue weighted by Gasteiger charge is -2.39. The number of nitrogens with zero attached hydrogens (tertiary/aromatic N) is 5. The number of rotatable bonds is 3. The van der Waals surface area contributed by atoms with E-state index in [1.165, 1.54) is 5.69 Å². The first kappa shape index (κ1) is 18.8. The minimum absolute atomic E-state index is 0. The molecule has 24 heavy (non-hydrogen) atoms. The minimum Gasteiger partial charge on any atom is -0.353 e. The zero-order valence-corrected chi connectivity index (χ0v) is 16.9. The standard InChI is InChI=1S/C17H26N6.HI/c1-14-6-9-22(12-16(14)23-10-7-19-13-23)17(18-2)20-11-15-5-4-8-21(15)3;/h4-5,7-8,10,13-14,16H,6,9,11-12H2,1-3H3,(H,18,20);1H. The molecule has 0 spiro atoms. The van der Waals surface area contributed by atoms with E-state index in [-0.39, 0.29) is 24.0 Å². The predicted molar refractivity (Wildman–Crippen MR) is 108 cm³/mol. The zero-order chi connectivity index (χ0) is 16.2. The number of likely N-dealkylation sites (tertiary alicyclic amines) is 1. The van der Waals surface area contributed by atoms with Crippen LogP contribution in [-0.4, -0.2) is 45.1 Å². The molecule has 3 rings (SSSR count). The SMILES string of the molecule is CN=C(NCc1cccn1C)N1CCC(C)C(n2ccnc2)C1.I. The Kier molecular flexibility index (Phi) is 6.70. The molecular formula is C17H27IN6. The average molecular weight is 442 g/mol. The molecule has 3 heterocycles. The van der Waals surface area contributed by atoms with Crippen LogP contribution in [0.3, 0.4) is 0 Å². The second kappa shape index (κ2) is 8.55. The van der Waals surface area contributed by atoms with Gasteiger partial charge in [0.1, 0.15) is 0 Å². The molecule has 2 aromatic rings. The summed E-state index contributed by atoms with van der Waals surface area (Å²) in [5, 5.41) is 3.49. The fourth-order valence-corrected chi connectivity index (χ4v) is 3.28. The first-order chi connectivity index (χ1) is 11.2. The molecule has 1 N–H and O–H groups in total. The molecule has 2 aromatic heterocycles. The number of aryl methyl sites for hydroxylation is 1. The molecule has 0 amide bonds. The molecule has 1 aliphatic rings. The van der Waals surface area contributed by atoms with Crippen molar-refractivity contribution in [1.29, 1.82) is 0 Å². The van der Waals surface area contributed by atoms with Gasteiger partial charge < -0.3 is 19.4 Å². The van der Waals surface area contributed by atoms with Gasteiger partial charge in [0, 0.05) is 51.5 Å². The molecule has 1 saturated heterocycles. The third-order valence-electron chi connectivity index (χ3n) is 4.82. The Hall–Kier alpha value is -1.51. The van der Waals surface area contributed by atoms with Gasteiger partial charge in [-0.25, -0.2) is 4.98 Å². The number of hydrogen-bond donors (Lipinski definition) is 1. The minimum atomic E-state index is 0. The Labute approximate surface area is 161 Å². The van der Waals surface area contributed by atoms with Crippen LogP contribution in [0.2, 0.25) is 0 Å². The molecule has 1 aliphatic heterocycles. The van der Waals surface area contributed by atoms with Crippen molar-refractivity contribution in [2.45, 2.75) is 25.9 Å². The number of imidazole rings is 1. The van der Waals surface area contributed by atoms with E-state index in [9.17, 15) is 0 Å². The lowest BCUT2D eigenvalue weighted by atomic mass is 9.93. The van der Waals surface area contributed by atoms with Crippen molar-refractivity contribution < 1.29 is 0 Å². The summed E-state index contributed by atoms with van der Waals surface area (Å²) < 4.78 is 4.36. The fourth-order valence-electron chi connectivity index (χ4n) is 3.28. The monoisotopic (exact) mass is 442 g/mol. The molecule has 6 nitrogen and oxygen atoms in total. The van der Waals surface area contributed by atoms with Gasteiger partial charge in [-0.1, -0.05) is 6.92 Å². The highest BCUT2D eigenvalue weighted by molar-refractivity contribution is 14.0. The Morgan fingerprint density at radius 1 is 1.42 bits per heavy atom. The number of aromatic nitrogens is 3. The lowest BCUT2D eigenvalue weighted by molar-refractivity contribution is 0.189. The summed E-state index contributed by atoms with van der Waals surface area (Å²) in [6.07, 6.45) is 9.06. The van der Waals surface area contributed by atoms with E-state index in [1.807, 2.05) is 19.6 Å². The smallest absolute Gasteiger partial charge is 0.194 e. The highest BCUT2D eigenvalue weighted by Gasteiger charge is 2.28. The molecule has 2 atom stereocenters. The molecule has 0 aromatic carbocycles. The van der Waals surface area contributed by atoms with Crippen molar-refractivity contribution in [3.8, 4) is 0 Å². The Morgan fingerprint density at radius 2 is 2.25 bits per heavy atom. The van der Waals surface area contributed by atoms with E-state index < -0.39 is 0 Å². The van der Waals surface area contributed by atoms with Crippen LogP contribution in [0.1, 0.15) is 25.1 Å². The van der Waals surface area contributed by atoms with Gasteiger partial charge in [-0.3, -0.25) is 4.99 Å². The number of hydrogen-bond acceptors (Lipinski definition) is 2. The molecule has 7 heteroatoms. The third kappa shape index (κ3) is 4.12. The molecule has 132 valence electrons. The zero-order valence-electron chi connectivity index (χ0n) is 14.6. The number of aliphatic imine (C=N–C) groups is 1. The maximum absolute atomic E-state index is 4.48. The Balaban J connectivity index is 0.00000208. The van der Waals surface area contributed by atoms with E-state index in [4.69, 9.17) is 0 Å². The summed E-state index contributed by atoms with van der Waals surface area (Å²) in [5.74, 6) is 1.62. The van der Waals surface area contributed by atoms with Gasteiger partial charge in [0.05, 0.1) is 18.9 Å². The second-order valence-corrected chi connectivity index (χ2v) is 6.30. The first-order valence-electron chi connectivity index (χ1n) is 8.22. The fraction of sp³-hybridized carbons (Fsp3) is 0.529. The Morgan fingerprint density at radius 3 is 2.88 bits per heavy atom. The van der Waals surface area contributed by atoms with E-state index in [1.54, 1.807) is 0 Å². The average Bonchev–Trinajstić information content (AvgIpc) is 3.21. The van der Waals surface area contributed by atoms with Crippen molar-refractivity contribution in [2.75, 3.05) is 20.1 Å². The number of nitrogens with one attached hydrogen (secondary N) is 1. The van der Waals surface area contributed by atoms with Gasteiger partial charge in [-0.2, -0.15) is 0 Å². The molecule has 1 fully saturated rings. The van der Waals surface area contributed by atoms with Crippen molar-refractivity contribution in [3.63, 3.8) is 0 Å². The van der Waals surface area contributed by atoms with Crippen molar-refractivity contribution in [3.05, 3.63) is 42.7 Å². The van der Waals surface area contributed by atoms with Gasteiger partial charge in [-0.15, -0.1) is 24.0 Å². The topological polar surface area (TPSA) is 50.4 Å². The van der Waals surface area contributed by atoms with E-state index >= 15 is 0 Å². The van der Waals surface area contributed by atoms with Crippen LogP contribution in [0.5, 0.6) is 0 Å². The molecule has 0 aliphatic carbocycles. The molecule has 0 saturated carbocycles. The molecular weight excluding hydrogens is 415 g/mol. The van der Waals surface area contributed by atoms with Gasteiger partial charge in [0.15, 0.2) is 5.96 Å². The quantitative estimate of drug-likeness (QED) is 0.452. The Bertz CT molecular complexity index is 648. The number of guanidine groups is 1. The predicted octanol–water partition coefficient (Wildman–Crippen LogP) is 2.50. The highest BCUT2D eigenvalue weighted by atomic mass is 127. The summed E-state index contributed by atoms with van der Waals surface area (Å²) in [7, 11) is 3.93. The van der Waals surface area contributed by atoms with Crippen LogP contribution in [-0.2, 0) is 13.6 Å². The van der Waals surface area contributed by atoms with Crippen molar-refractivity contribution in [1.82, 2.24) is 24.3 Å². The van der Waals surface area contributed by atoms with Crippen LogP contribution in [0.4, 0.5) is 0 Å². The third-order valence-corrected chi connectivity index (χ3v) is 4.82. The van der Waals surface area contributed by atoms with Crippen LogP contribution in [0.15, 0.2) is 42.0 Å². The summed E-state index contributed by atoms with van der Waals surface area (Å²) in [5.41, 5.74) is 1.25. The molecule has 0 radical (unpaired) electrons. The van der Waals surface area contributed by atoms with Gasteiger partial charge in [-0.05, 0) is 24.5 Å². The van der Waals surface area contributed by atoms with Crippen molar-refractivity contribution in [2.24, 2.45) is 18.0 Å². The van der Waals surface area contributed by atoms with Crippen LogP contribution in [0.25, 0.3) is 0 Å². The summed E-state index contributed by atoms with van der Waals surface area (Å²) >= 11 is 0. The van der Waals surface area contributed by atoms with Gasteiger partial charge in [0.25, 0.3) is 0 Å². The van der Waals surface area contributed by atoms with Crippen LogP contribution in [0, 0.1) is 5.92 Å². The summed E-state index contributed by atoms with van der Waals surface area (Å²) in [4.78, 5) is 11.0. The maximum Gasteiger partial charge on any atom is 0.194 e. The van der Waals surface area contributed by atoms with Crippen LogP contribution < -0.4 is 5.32 Å². The van der Waals surface area contributed by atoms with E-state index in [2.05, 4.69) is 67.8 Å². The van der Waals surface area contributed by atoms with E-state index in [0.29, 0.717) is 12.0 Å². The maximum atomic E-state index is 4.48.